The normalized spacial score (nSPS) is 15.9. The molecule has 1 saturated heterocycles. The van der Waals surface area contributed by atoms with E-state index in [-0.39, 0.29) is 5.82 Å². The lowest BCUT2D eigenvalue weighted by atomic mass is 10.1. The molecule has 0 unspecified atom stereocenters. The number of benzene rings is 2. The third-order valence-electron chi connectivity index (χ3n) is 4.95. The lowest BCUT2D eigenvalue weighted by Gasteiger charge is -2.35. The molecule has 1 fully saturated rings. The summed E-state index contributed by atoms with van der Waals surface area (Å²) in [6, 6.07) is 10.0. The Bertz CT molecular complexity index is 959. The first-order valence-electron chi connectivity index (χ1n) is 8.94. The van der Waals surface area contributed by atoms with Crippen LogP contribution >= 0.6 is 0 Å². The molecule has 1 aromatic heterocycles. The van der Waals surface area contributed by atoms with Gasteiger partial charge < -0.3 is 4.90 Å². The van der Waals surface area contributed by atoms with Gasteiger partial charge in [0.05, 0.1) is 16.5 Å². The topological polar surface area (TPSA) is 32.3 Å². The quantitative estimate of drug-likeness (QED) is 0.630. The number of alkyl halides is 3. The van der Waals surface area contributed by atoms with Gasteiger partial charge in [-0.05, 0) is 29.8 Å². The summed E-state index contributed by atoms with van der Waals surface area (Å²) in [5.41, 5.74) is 0.760. The van der Waals surface area contributed by atoms with Gasteiger partial charge in [-0.3, -0.25) is 4.90 Å². The van der Waals surface area contributed by atoms with Crippen molar-refractivity contribution in [2.75, 3.05) is 31.1 Å². The van der Waals surface area contributed by atoms with Gasteiger partial charge in [-0.15, -0.1) is 0 Å². The van der Waals surface area contributed by atoms with Gasteiger partial charge in [0.25, 0.3) is 0 Å². The molecule has 2 aromatic carbocycles. The van der Waals surface area contributed by atoms with Crippen LogP contribution in [0.5, 0.6) is 0 Å². The van der Waals surface area contributed by atoms with E-state index in [0.29, 0.717) is 49.4 Å². The SMILES string of the molecule is Fc1cccc2ncnc(N3CCN(Cc4ccc(C(F)(F)F)cc4)CC3)c12. The summed E-state index contributed by atoms with van der Waals surface area (Å²) < 4.78 is 52.3. The highest BCUT2D eigenvalue weighted by atomic mass is 19.4. The first-order chi connectivity index (χ1) is 13.4. The number of rotatable bonds is 3. The highest BCUT2D eigenvalue weighted by Crippen LogP contribution is 2.30. The fraction of sp³-hybridized carbons (Fsp3) is 0.300. The van der Waals surface area contributed by atoms with Gasteiger partial charge in [0, 0.05) is 32.7 Å². The molecule has 0 atom stereocenters. The Hall–Kier alpha value is -2.74. The maximum Gasteiger partial charge on any atom is 0.416 e. The third kappa shape index (κ3) is 3.77. The van der Waals surface area contributed by atoms with E-state index >= 15 is 0 Å². The van der Waals surface area contributed by atoms with Crippen LogP contribution in [0, 0.1) is 5.82 Å². The molecule has 0 N–H and O–H groups in total. The highest BCUT2D eigenvalue weighted by Gasteiger charge is 2.30. The summed E-state index contributed by atoms with van der Waals surface area (Å²) >= 11 is 0. The van der Waals surface area contributed by atoms with Crippen molar-refractivity contribution in [3.63, 3.8) is 0 Å². The maximum absolute atomic E-state index is 14.3. The first kappa shape index (κ1) is 18.6. The molecular weight excluding hydrogens is 372 g/mol. The summed E-state index contributed by atoms with van der Waals surface area (Å²) in [4.78, 5) is 12.6. The van der Waals surface area contributed by atoms with Crippen LogP contribution < -0.4 is 4.90 Å². The van der Waals surface area contributed by atoms with E-state index < -0.39 is 11.7 Å². The molecule has 0 spiro atoms. The minimum absolute atomic E-state index is 0.347. The van der Waals surface area contributed by atoms with Gasteiger partial charge in [-0.1, -0.05) is 18.2 Å². The molecule has 146 valence electrons. The van der Waals surface area contributed by atoms with Crippen LogP contribution in [-0.4, -0.2) is 41.0 Å². The van der Waals surface area contributed by atoms with Crippen LogP contribution in [0.2, 0.25) is 0 Å². The summed E-state index contributed by atoms with van der Waals surface area (Å²) in [5.74, 6) is 0.234. The largest absolute Gasteiger partial charge is 0.416 e. The number of anilines is 1. The molecular formula is C20H18F4N4. The Kier molecular flexibility index (Phi) is 4.89. The minimum Gasteiger partial charge on any atom is -0.353 e. The molecule has 0 amide bonds. The van der Waals surface area contributed by atoms with E-state index in [1.54, 1.807) is 12.1 Å². The Morgan fingerprint density at radius 3 is 2.29 bits per heavy atom. The number of halogens is 4. The summed E-state index contributed by atoms with van der Waals surface area (Å²) in [6.45, 7) is 3.30. The number of fused-ring (bicyclic) bond motifs is 1. The second-order valence-corrected chi connectivity index (χ2v) is 6.79. The molecule has 2 heterocycles. The summed E-state index contributed by atoms with van der Waals surface area (Å²) in [5, 5.41) is 0.418. The van der Waals surface area contributed by atoms with Crippen LogP contribution in [-0.2, 0) is 12.7 Å². The molecule has 0 saturated carbocycles. The molecule has 1 aliphatic heterocycles. The fourth-order valence-corrected chi connectivity index (χ4v) is 3.47. The Morgan fingerprint density at radius 1 is 0.893 bits per heavy atom. The molecule has 8 heteroatoms. The van der Waals surface area contributed by atoms with Crippen molar-refractivity contribution in [3.8, 4) is 0 Å². The molecule has 28 heavy (non-hydrogen) atoms. The zero-order valence-corrected chi connectivity index (χ0v) is 15.0. The second-order valence-electron chi connectivity index (χ2n) is 6.79. The van der Waals surface area contributed by atoms with Gasteiger partial charge in [-0.2, -0.15) is 13.2 Å². The van der Waals surface area contributed by atoms with Gasteiger partial charge in [-0.25, -0.2) is 14.4 Å². The molecule has 4 rings (SSSR count). The van der Waals surface area contributed by atoms with Crippen LogP contribution in [0.15, 0.2) is 48.8 Å². The van der Waals surface area contributed by atoms with Crippen molar-refractivity contribution in [1.29, 1.82) is 0 Å². The van der Waals surface area contributed by atoms with Gasteiger partial charge in [0.15, 0.2) is 0 Å². The van der Waals surface area contributed by atoms with Crippen molar-refractivity contribution in [1.82, 2.24) is 14.9 Å². The van der Waals surface area contributed by atoms with E-state index in [9.17, 15) is 17.6 Å². The van der Waals surface area contributed by atoms with E-state index in [0.717, 1.165) is 17.7 Å². The van der Waals surface area contributed by atoms with E-state index in [1.807, 2.05) is 4.90 Å². The molecule has 0 bridgehead atoms. The average molecular weight is 390 g/mol. The van der Waals surface area contributed by atoms with Gasteiger partial charge in [0.2, 0.25) is 0 Å². The standard InChI is InChI=1S/C20H18F4N4/c21-16-2-1-3-17-18(16)19(26-13-25-17)28-10-8-27(9-11-28)12-14-4-6-15(7-5-14)20(22,23)24/h1-7,13H,8-12H2. The monoisotopic (exact) mass is 390 g/mol. The number of nitrogens with zero attached hydrogens (tertiary/aromatic N) is 4. The second kappa shape index (κ2) is 7.35. The molecule has 0 aliphatic carbocycles. The Balaban J connectivity index is 1.43. The number of hydrogen-bond acceptors (Lipinski definition) is 4. The first-order valence-corrected chi connectivity index (χ1v) is 8.94. The lowest BCUT2D eigenvalue weighted by Crippen LogP contribution is -2.46. The van der Waals surface area contributed by atoms with Crippen molar-refractivity contribution in [2.45, 2.75) is 12.7 Å². The van der Waals surface area contributed by atoms with Crippen molar-refractivity contribution in [2.24, 2.45) is 0 Å². The number of aromatic nitrogens is 2. The summed E-state index contributed by atoms with van der Waals surface area (Å²) in [6.07, 6.45) is -2.88. The average Bonchev–Trinajstić information content (AvgIpc) is 2.68. The summed E-state index contributed by atoms with van der Waals surface area (Å²) in [7, 11) is 0. The van der Waals surface area contributed by atoms with Gasteiger partial charge >= 0.3 is 6.18 Å². The molecule has 0 radical (unpaired) electrons. The maximum atomic E-state index is 14.3. The smallest absolute Gasteiger partial charge is 0.353 e. The van der Waals surface area contributed by atoms with Crippen molar-refractivity contribution < 1.29 is 17.6 Å². The van der Waals surface area contributed by atoms with Crippen LogP contribution in [0.1, 0.15) is 11.1 Å². The highest BCUT2D eigenvalue weighted by molar-refractivity contribution is 5.89. The van der Waals surface area contributed by atoms with Gasteiger partial charge in [0.1, 0.15) is 18.0 Å². The third-order valence-corrected chi connectivity index (χ3v) is 4.95. The predicted molar refractivity (Wildman–Crippen MR) is 98.4 cm³/mol. The van der Waals surface area contributed by atoms with E-state index in [2.05, 4.69) is 14.9 Å². The zero-order chi connectivity index (χ0) is 19.7. The van der Waals surface area contributed by atoms with Crippen molar-refractivity contribution >= 4 is 16.7 Å². The van der Waals surface area contributed by atoms with E-state index in [1.165, 1.54) is 24.5 Å². The molecule has 1 aliphatic rings. The number of piperazine rings is 1. The lowest BCUT2D eigenvalue weighted by molar-refractivity contribution is -0.137. The fourth-order valence-electron chi connectivity index (χ4n) is 3.47. The van der Waals surface area contributed by atoms with Crippen LogP contribution in [0.4, 0.5) is 23.4 Å². The molecule has 4 nitrogen and oxygen atoms in total. The molecule has 3 aromatic rings. The Labute approximate surface area is 159 Å². The van der Waals surface area contributed by atoms with Crippen LogP contribution in [0.25, 0.3) is 10.9 Å². The minimum atomic E-state index is -4.32. The predicted octanol–water partition coefficient (Wildman–Crippen LogP) is 4.11. The Morgan fingerprint density at radius 2 is 1.61 bits per heavy atom. The van der Waals surface area contributed by atoms with Crippen molar-refractivity contribution in [3.05, 3.63) is 65.7 Å². The number of hydrogen-bond donors (Lipinski definition) is 0. The van der Waals surface area contributed by atoms with Crippen LogP contribution in [0.3, 0.4) is 0 Å². The van der Waals surface area contributed by atoms with E-state index in [4.69, 9.17) is 0 Å². The zero-order valence-electron chi connectivity index (χ0n) is 15.0.